The second kappa shape index (κ2) is 6.11. The van der Waals surface area contributed by atoms with Crippen LogP contribution in [0.25, 0.3) is 0 Å². The van der Waals surface area contributed by atoms with Crippen LogP contribution in [0.1, 0.15) is 11.6 Å². The molecular formula is C10H10Cl2F5NO. The Labute approximate surface area is 117 Å². The first kappa shape index (κ1) is 18.2. The number of benzene rings is 1. The van der Waals surface area contributed by atoms with Crippen molar-refractivity contribution in [2.24, 2.45) is 5.73 Å². The molecule has 110 valence electrons. The average Bonchev–Trinajstić information content (AvgIpc) is 2.27. The van der Waals surface area contributed by atoms with Crippen molar-refractivity contribution in [1.82, 2.24) is 0 Å². The summed E-state index contributed by atoms with van der Waals surface area (Å²) in [5.74, 6) is -5.06. The quantitative estimate of drug-likeness (QED) is 0.853. The summed E-state index contributed by atoms with van der Waals surface area (Å²) in [5, 5.41) is 0.0868. The van der Waals surface area contributed by atoms with E-state index in [1.807, 2.05) is 0 Å². The number of hydrogen-bond acceptors (Lipinski definition) is 2. The summed E-state index contributed by atoms with van der Waals surface area (Å²) in [6.07, 6.45) is -5.72. The number of hydrogen-bond donors (Lipinski definition) is 1. The van der Waals surface area contributed by atoms with Crippen LogP contribution in [0.15, 0.2) is 18.2 Å². The van der Waals surface area contributed by atoms with Gasteiger partial charge in [-0.3, -0.25) is 0 Å². The number of nitrogens with two attached hydrogens (primary N) is 1. The molecular weight excluding hydrogens is 316 g/mol. The monoisotopic (exact) mass is 325 g/mol. The fraction of sp³-hybridized carbons (Fsp3) is 0.400. The van der Waals surface area contributed by atoms with Crippen molar-refractivity contribution in [2.75, 3.05) is 7.11 Å². The molecule has 0 saturated carbocycles. The van der Waals surface area contributed by atoms with Crippen LogP contribution in [-0.2, 0) is 0 Å². The average molecular weight is 326 g/mol. The molecule has 2 nitrogen and oxygen atoms in total. The highest BCUT2D eigenvalue weighted by atomic mass is 35.5. The van der Waals surface area contributed by atoms with Crippen molar-refractivity contribution in [1.29, 1.82) is 0 Å². The zero-order valence-electron chi connectivity index (χ0n) is 9.47. The Bertz CT molecular complexity index is 438. The van der Waals surface area contributed by atoms with Crippen LogP contribution < -0.4 is 10.5 Å². The van der Waals surface area contributed by atoms with E-state index in [-0.39, 0.29) is 23.2 Å². The maximum Gasteiger partial charge on any atom is 0.455 e. The van der Waals surface area contributed by atoms with Crippen LogP contribution in [-0.4, -0.2) is 19.2 Å². The Kier molecular flexibility index (Phi) is 5.85. The van der Waals surface area contributed by atoms with E-state index in [0.29, 0.717) is 0 Å². The summed E-state index contributed by atoms with van der Waals surface area (Å²) in [4.78, 5) is 0. The van der Waals surface area contributed by atoms with Crippen LogP contribution in [0.3, 0.4) is 0 Å². The SMILES string of the molecule is COc1cc([C@H](N)C(F)(F)C(F)(F)F)ccc1Cl.Cl. The van der Waals surface area contributed by atoms with Gasteiger partial charge in [-0.2, -0.15) is 22.0 Å². The normalized spacial score (nSPS) is 13.7. The third-order valence-electron chi connectivity index (χ3n) is 2.30. The summed E-state index contributed by atoms with van der Waals surface area (Å²) < 4.78 is 67.2. The van der Waals surface area contributed by atoms with E-state index in [1.54, 1.807) is 0 Å². The fourth-order valence-electron chi connectivity index (χ4n) is 1.26. The lowest BCUT2D eigenvalue weighted by Gasteiger charge is -2.26. The minimum Gasteiger partial charge on any atom is -0.495 e. The Morgan fingerprint density at radius 2 is 1.74 bits per heavy atom. The van der Waals surface area contributed by atoms with Gasteiger partial charge in [-0.15, -0.1) is 12.4 Å². The lowest BCUT2D eigenvalue weighted by Crippen LogP contribution is -2.45. The predicted molar refractivity (Wildman–Crippen MR) is 63.2 cm³/mol. The second-order valence-electron chi connectivity index (χ2n) is 3.49. The maximum atomic E-state index is 13.0. The van der Waals surface area contributed by atoms with E-state index >= 15 is 0 Å². The van der Waals surface area contributed by atoms with Crippen LogP contribution in [0.4, 0.5) is 22.0 Å². The topological polar surface area (TPSA) is 35.2 Å². The molecule has 0 unspecified atom stereocenters. The van der Waals surface area contributed by atoms with Crippen molar-refractivity contribution in [3.8, 4) is 5.75 Å². The first-order chi connectivity index (χ1) is 8.11. The molecule has 1 aromatic carbocycles. The van der Waals surface area contributed by atoms with Crippen molar-refractivity contribution in [3.63, 3.8) is 0 Å². The Morgan fingerprint density at radius 3 is 2.16 bits per heavy atom. The molecule has 1 rings (SSSR count). The van der Waals surface area contributed by atoms with Crippen LogP contribution in [0.2, 0.25) is 5.02 Å². The van der Waals surface area contributed by atoms with Crippen LogP contribution in [0.5, 0.6) is 5.75 Å². The molecule has 9 heteroatoms. The van der Waals surface area contributed by atoms with Crippen LogP contribution in [0, 0.1) is 0 Å². The zero-order chi connectivity index (χ0) is 14.1. The predicted octanol–water partition coefficient (Wildman–Crippen LogP) is 3.97. The molecule has 2 N–H and O–H groups in total. The van der Waals surface area contributed by atoms with Crippen molar-refractivity contribution < 1.29 is 26.7 Å². The Balaban J connectivity index is 0.00000324. The molecule has 0 bridgehead atoms. The Morgan fingerprint density at radius 1 is 1.21 bits per heavy atom. The summed E-state index contributed by atoms with van der Waals surface area (Å²) in [5.41, 5.74) is 4.55. The van der Waals surface area contributed by atoms with E-state index in [9.17, 15) is 22.0 Å². The molecule has 0 saturated heterocycles. The smallest absolute Gasteiger partial charge is 0.455 e. The molecule has 0 aliphatic carbocycles. The van der Waals surface area contributed by atoms with Gasteiger partial charge in [0.25, 0.3) is 0 Å². The first-order valence-corrected chi connectivity index (χ1v) is 5.02. The van der Waals surface area contributed by atoms with Crippen LogP contribution >= 0.6 is 24.0 Å². The van der Waals surface area contributed by atoms with Gasteiger partial charge < -0.3 is 10.5 Å². The Hall–Kier alpha value is -0.790. The number of halogens is 7. The van der Waals surface area contributed by atoms with Gasteiger partial charge >= 0.3 is 12.1 Å². The molecule has 1 aromatic rings. The summed E-state index contributed by atoms with van der Waals surface area (Å²) in [6, 6.07) is 0.563. The summed E-state index contributed by atoms with van der Waals surface area (Å²) in [7, 11) is 1.21. The van der Waals surface area contributed by atoms with Crippen molar-refractivity contribution in [3.05, 3.63) is 28.8 Å². The third kappa shape index (κ3) is 3.61. The highest BCUT2D eigenvalue weighted by Crippen LogP contribution is 2.44. The molecule has 0 aromatic heterocycles. The number of methoxy groups -OCH3 is 1. The molecule has 0 radical (unpaired) electrons. The van der Waals surface area contributed by atoms with Crippen molar-refractivity contribution >= 4 is 24.0 Å². The van der Waals surface area contributed by atoms with Gasteiger partial charge in [-0.1, -0.05) is 17.7 Å². The van der Waals surface area contributed by atoms with Gasteiger partial charge in [0.2, 0.25) is 0 Å². The highest BCUT2D eigenvalue weighted by Gasteiger charge is 2.61. The molecule has 0 heterocycles. The minimum absolute atomic E-state index is 0. The van der Waals surface area contributed by atoms with Gasteiger partial charge in [-0.05, 0) is 17.7 Å². The molecule has 0 fully saturated rings. The maximum absolute atomic E-state index is 13.0. The standard InChI is InChI=1S/C10H9ClF5NO.ClH/c1-18-7-4-5(2-3-6(7)11)8(17)9(12,13)10(14,15)16;/h2-4,8H,17H2,1H3;1H/t8-;/m0./s1. The second-order valence-corrected chi connectivity index (χ2v) is 3.90. The molecule has 0 aliphatic rings. The third-order valence-corrected chi connectivity index (χ3v) is 2.62. The number of ether oxygens (including phenoxy) is 1. The van der Waals surface area contributed by atoms with E-state index in [0.717, 1.165) is 18.2 Å². The van der Waals surface area contributed by atoms with Gasteiger partial charge in [0.1, 0.15) is 11.8 Å². The summed E-state index contributed by atoms with van der Waals surface area (Å²) >= 11 is 5.63. The highest BCUT2D eigenvalue weighted by molar-refractivity contribution is 6.32. The fourth-order valence-corrected chi connectivity index (χ4v) is 1.45. The van der Waals surface area contributed by atoms with E-state index in [2.05, 4.69) is 0 Å². The van der Waals surface area contributed by atoms with Gasteiger partial charge in [-0.25, -0.2) is 0 Å². The van der Waals surface area contributed by atoms with Crippen molar-refractivity contribution in [2.45, 2.75) is 18.1 Å². The minimum atomic E-state index is -5.72. The van der Waals surface area contributed by atoms with Gasteiger partial charge in [0.15, 0.2) is 0 Å². The molecule has 0 aliphatic heterocycles. The van der Waals surface area contributed by atoms with E-state index < -0.39 is 23.7 Å². The first-order valence-electron chi connectivity index (χ1n) is 4.64. The molecule has 1 atom stereocenters. The van der Waals surface area contributed by atoms with Gasteiger partial charge in [0.05, 0.1) is 12.1 Å². The van der Waals surface area contributed by atoms with E-state index in [4.69, 9.17) is 22.1 Å². The van der Waals surface area contributed by atoms with Gasteiger partial charge in [0, 0.05) is 0 Å². The lowest BCUT2D eigenvalue weighted by molar-refractivity contribution is -0.291. The molecule has 19 heavy (non-hydrogen) atoms. The number of alkyl halides is 5. The largest absolute Gasteiger partial charge is 0.495 e. The molecule has 0 spiro atoms. The molecule has 0 amide bonds. The zero-order valence-corrected chi connectivity index (χ0v) is 11.0. The lowest BCUT2D eigenvalue weighted by atomic mass is 10.0. The van der Waals surface area contributed by atoms with E-state index in [1.165, 1.54) is 7.11 Å². The summed E-state index contributed by atoms with van der Waals surface area (Å²) in [6.45, 7) is 0. The number of rotatable bonds is 3.